The first-order chi connectivity index (χ1) is 8.54. The van der Waals surface area contributed by atoms with E-state index in [0.717, 1.165) is 17.0 Å². The number of hydrogen-bond donors (Lipinski definition) is 2. The lowest BCUT2D eigenvalue weighted by Crippen LogP contribution is -2.45. The number of aryl methyl sites for hydroxylation is 1. The molecule has 1 heterocycles. The van der Waals surface area contributed by atoms with Crippen LogP contribution in [0.4, 0.5) is 4.79 Å². The van der Waals surface area contributed by atoms with Crippen LogP contribution in [0.25, 0.3) is 0 Å². The van der Waals surface area contributed by atoms with E-state index in [4.69, 9.17) is 0 Å². The van der Waals surface area contributed by atoms with Crippen molar-refractivity contribution >= 4 is 23.3 Å². The number of alkyl carbamates (subject to hydrolysis) is 1. The zero-order valence-electron chi connectivity index (χ0n) is 10.6. The number of amides is 2. The predicted molar refractivity (Wildman–Crippen MR) is 68.6 cm³/mol. The summed E-state index contributed by atoms with van der Waals surface area (Å²) in [5.41, 5.74) is 2.78. The topological polar surface area (TPSA) is 80.3 Å². The Morgan fingerprint density at radius 2 is 2.28 bits per heavy atom. The lowest BCUT2D eigenvalue weighted by atomic mass is 10.3. The maximum Gasteiger partial charge on any atom is 0.407 e. The quantitative estimate of drug-likeness (QED) is 0.832. The number of nitrogens with one attached hydrogen (secondary N) is 2. The second-order valence-electron chi connectivity index (χ2n) is 3.76. The molecule has 1 aromatic rings. The molecule has 0 saturated heterocycles. The third kappa shape index (κ3) is 4.33. The maximum atomic E-state index is 11.6. The van der Waals surface area contributed by atoms with E-state index in [1.165, 1.54) is 7.11 Å². The average molecular weight is 271 g/mol. The molecule has 2 N–H and O–H groups in total. The number of ether oxygens (including phenoxy) is 1. The molecular formula is C11H17N3O3S. The summed E-state index contributed by atoms with van der Waals surface area (Å²) in [6, 6.07) is -0.611. The minimum Gasteiger partial charge on any atom is -0.453 e. The number of hydrogen-bond acceptors (Lipinski definition) is 5. The molecule has 0 saturated carbocycles. The van der Waals surface area contributed by atoms with Crippen LogP contribution >= 0.6 is 11.3 Å². The van der Waals surface area contributed by atoms with Gasteiger partial charge < -0.3 is 15.4 Å². The van der Waals surface area contributed by atoms with Crippen LogP contribution in [0.3, 0.4) is 0 Å². The van der Waals surface area contributed by atoms with Crippen LogP contribution in [0, 0.1) is 6.92 Å². The zero-order chi connectivity index (χ0) is 13.5. The third-order valence-electron chi connectivity index (χ3n) is 2.41. The van der Waals surface area contributed by atoms with Crippen molar-refractivity contribution in [2.75, 3.05) is 13.7 Å². The molecule has 6 nitrogen and oxygen atoms in total. The molecule has 0 aliphatic rings. The molecule has 1 aromatic heterocycles. The monoisotopic (exact) mass is 271 g/mol. The fraction of sp³-hybridized carbons (Fsp3) is 0.545. The smallest absolute Gasteiger partial charge is 0.407 e. The van der Waals surface area contributed by atoms with Crippen molar-refractivity contribution in [3.05, 3.63) is 16.1 Å². The molecule has 1 rings (SSSR count). The number of methoxy groups -OCH3 is 1. The van der Waals surface area contributed by atoms with Gasteiger partial charge in [-0.3, -0.25) is 4.79 Å². The lowest BCUT2D eigenvalue weighted by Gasteiger charge is -2.12. The fourth-order valence-electron chi connectivity index (χ4n) is 1.32. The number of nitrogens with zero attached hydrogens (tertiary/aromatic N) is 1. The van der Waals surface area contributed by atoms with E-state index >= 15 is 0 Å². The first-order valence-corrected chi connectivity index (χ1v) is 6.43. The molecule has 100 valence electrons. The van der Waals surface area contributed by atoms with Gasteiger partial charge in [0.15, 0.2) is 0 Å². The van der Waals surface area contributed by atoms with Crippen LogP contribution in [0.1, 0.15) is 17.5 Å². The minimum atomic E-state index is -0.615. The highest BCUT2D eigenvalue weighted by Crippen LogP contribution is 2.11. The van der Waals surface area contributed by atoms with Crippen LogP contribution < -0.4 is 10.6 Å². The molecule has 2 amide bonds. The largest absolute Gasteiger partial charge is 0.453 e. The Balaban J connectivity index is 2.29. The summed E-state index contributed by atoms with van der Waals surface area (Å²) >= 11 is 1.57. The van der Waals surface area contributed by atoms with Crippen molar-refractivity contribution in [1.29, 1.82) is 0 Å². The molecule has 0 fully saturated rings. The van der Waals surface area contributed by atoms with E-state index in [-0.39, 0.29) is 5.91 Å². The van der Waals surface area contributed by atoms with Gasteiger partial charge in [-0.15, -0.1) is 11.3 Å². The van der Waals surface area contributed by atoms with Crippen molar-refractivity contribution in [2.45, 2.75) is 26.3 Å². The summed E-state index contributed by atoms with van der Waals surface area (Å²) in [5.74, 6) is -0.234. The molecule has 1 unspecified atom stereocenters. The molecule has 7 heteroatoms. The molecule has 0 aliphatic carbocycles. The van der Waals surface area contributed by atoms with Gasteiger partial charge in [0, 0.05) is 17.8 Å². The minimum absolute atomic E-state index is 0.234. The van der Waals surface area contributed by atoms with E-state index < -0.39 is 12.1 Å². The van der Waals surface area contributed by atoms with Gasteiger partial charge in [-0.1, -0.05) is 0 Å². The fourth-order valence-corrected chi connectivity index (χ4v) is 2.10. The first-order valence-electron chi connectivity index (χ1n) is 5.55. The van der Waals surface area contributed by atoms with Crippen LogP contribution in [0.2, 0.25) is 0 Å². The molecule has 18 heavy (non-hydrogen) atoms. The van der Waals surface area contributed by atoms with Crippen molar-refractivity contribution in [1.82, 2.24) is 15.6 Å². The molecular weight excluding hydrogens is 254 g/mol. The second-order valence-corrected chi connectivity index (χ2v) is 4.70. The Labute approximate surface area is 110 Å². The Morgan fingerprint density at radius 1 is 1.56 bits per heavy atom. The van der Waals surface area contributed by atoms with Gasteiger partial charge in [0.2, 0.25) is 5.91 Å². The van der Waals surface area contributed by atoms with Crippen molar-refractivity contribution in [3.63, 3.8) is 0 Å². The molecule has 0 spiro atoms. The highest BCUT2D eigenvalue weighted by atomic mass is 32.1. The Hall–Kier alpha value is -1.63. The Kier molecular flexibility index (Phi) is 5.57. The molecule has 1 atom stereocenters. The van der Waals surface area contributed by atoms with Crippen LogP contribution in [0.5, 0.6) is 0 Å². The van der Waals surface area contributed by atoms with Gasteiger partial charge in [-0.2, -0.15) is 0 Å². The average Bonchev–Trinajstić information content (AvgIpc) is 2.74. The molecule has 0 bridgehead atoms. The maximum absolute atomic E-state index is 11.6. The van der Waals surface area contributed by atoms with Crippen LogP contribution in [-0.2, 0) is 16.0 Å². The summed E-state index contributed by atoms with van der Waals surface area (Å²) < 4.78 is 4.41. The highest BCUT2D eigenvalue weighted by molar-refractivity contribution is 7.09. The first kappa shape index (κ1) is 14.4. The molecule has 0 aliphatic heterocycles. The normalized spacial score (nSPS) is 11.7. The number of rotatable bonds is 5. The third-order valence-corrected chi connectivity index (χ3v) is 3.40. The molecule has 0 radical (unpaired) electrons. The van der Waals surface area contributed by atoms with Crippen LogP contribution in [-0.4, -0.2) is 36.7 Å². The van der Waals surface area contributed by atoms with E-state index in [2.05, 4.69) is 20.4 Å². The summed E-state index contributed by atoms with van der Waals surface area (Å²) in [6.45, 7) is 4.06. The summed E-state index contributed by atoms with van der Waals surface area (Å²) in [4.78, 5) is 27.8. The van der Waals surface area contributed by atoms with Gasteiger partial charge in [0.05, 0.1) is 18.3 Å². The summed E-state index contributed by atoms with van der Waals surface area (Å²) in [5, 5.41) is 5.15. The summed E-state index contributed by atoms with van der Waals surface area (Å²) in [6.07, 6.45) is 0.128. The predicted octanol–water partition coefficient (Wildman–Crippen LogP) is 0.855. The van der Waals surface area contributed by atoms with Crippen molar-refractivity contribution < 1.29 is 14.3 Å². The van der Waals surface area contributed by atoms with Gasteiger partial charge in [0.25, 0.3) is 0 Å². The summed E-state index contributed by atoms with van der Waals surface area (Å²) in [7, 11) is 1.26. The van der Waals surface area contributed by atoms with E-state index in [0.29, 0.717) is 6.54 Å². The Morgan fingerprint density at radius 3 is 2.83 bits per heavy atom. The second kappa shape index (κ2) is 6.95. The van der Waals surface area contributed by atoms with Gasteiger partial charge >= 0.3 is 6.09 Å². The number of carbonyl (C=O) groups excluding carboxylic acids is 2. The molecule has 0 aromatic carbocycles. The lowest BCUT2D eigenvalue weighted by molar-refractivity contribution is -0.122. The van der Waals surface area contributed by atoms with Gasteiger partial charge in [-0.25, -0.2) is 9.78 Å². The Bertz CT molecular complexity index is 419. The van der Waals surface area contributed by atoms with Gasteiger partial charge in [0.1, 0.15) is 6.04 Å². The van der Waals surface area contributed by atoms with Crippen LogP contribution in [0.15, 0.2) is 5.51 Å². The van der Waals surface area contributed by atoms with E-state index in [1.54, 1.807) is 23.8 Å². The number of carbonyl (C=O) groups is 2. The standard InChI is InChI=1S/C11H17N3O3S/c1-7-9(18-6-13-7)4-5-12-10(15)8(2)14-11(16)17-3/h6,8H,4-5H2,1-3H3,(H,12,15)(H,14,16). The SMILES string of the molecule is COC(=O)NC(C)C(=O)NCCc1scnc1C. The number of thiazole rings is 1. The highest BCUT2D eigenvalue weighted by Gasteiger charge is 2.15. The van der Waals surface area contributed by atoms with Crippen molar-refractivity contribution in [3.8, 4) is 0 Å². The zero-order valence-corrected chi connectivity index (χ0v) is 11.5. The van der Waals surface area contributed by atoms with Gasteiger partial charge in [-0.05, 0) is 13.8 Å². The number of aromatic nitrogens is 1. The van der Waals surface area contributed by atoms with Crippen molar-refractivity contribution in [2.24, 2.45) is 0 Å². The van der Waals surface area contributed by atoms with E-state index in [1.807, 2.05) is 6.92 Å². The van der Waals surface area contributed by atoms with E-state index in [9.17, 15) is 9.59 Å².